The number of rotatable bonds is 2. The van der Waals surface area contributed by atoms with Gasteiger partial charge in [-0.25, -0.2) is 4.79 Å². The standard InChI is InChI=1S/C7H10N2O3/c1-3(2)5-8-4(7(11)12)6(10)9-5/h3,10H,1-2H3,(H,8,9)(H,11,12). The van der Waals surface area contributed by atoms with Crippen LogP contribution in [-0.2, 0) is 0 Å². The number of carboxylic acids is 1. The van der Waals surface area contributed by atoms with Crippen molar-refractivity contribution >= 4 is 5.97 Å². The first-order valence-electron chi connectivity index (χ1n) is 3.54. The van der Waals surface area contributed by atoms with Gasteiger partial charge in [-0.2, -0.15) is 4.98 Å². The van der Waals surface area contributed by atoms with Crippen molar-refractivity contribution in [1.82, 2.24) is 9.97 Å². The molecule has 3 N–H and O–H groups in total. The molecule has 5 nitrogen and oxygen atoms in total. The van der Waals surface area contributed by atoms with E-state index in [9.17, 15) is 4.79 Å². The van der Waals surface area contributed by atoms with E-state index in [1.54, 1.807) is 0 Å². The van der Waals surface area contributed by atoms with Gasteiger partial charge < -0.3 is 15.2 Å². The minimum absolute atomic E-state index is 0.0731. The summed E-state index contributed by atoms with van der Waals surface area (Å²) >= 11 is 0. The molecule has 12 heavy (non-hydrogen) atoms. The highest BCUT2D eigenvalue weighted by Gasteiger charge is 2.16. The third kappa shape index (κ3) is 1.39. The fourth-order valence-corrected chi connectivity index (χ4v) is 0.804. The molecule has 1 rings (SSSR count). The van der Waals surface area contributed by atoms with Gasteiger partial charge in [-0.1, -0.05) is 13.8 Å². The molecule has 1 aromatic rings. The lowest BCUT2D eigenvalue weighted by atomic mass is 10.2. The molecule has 66 valence electrons. The molecule has 0 saturated carbocycles. The predicted molar refractivity (Wildman–Crippen MR) is 41.3 cm³/mol. The zero-order chi connectivity index (χ0) is 9.30. The van der Waals surface area contributed by atoms with Crippen LogP contribution in [0.2, 0.25) is 0 Å². The fraction of sp³-hybridized carbons (Fsp3) is 0.429. The quantitative estimate of drug-likeness (QED) is 0.616. The van der Waals surface area contributed by atoms with Crippen LogP contribution in [0, 0.1) is 0 Å². The minimum atomic E-state index is -1.20. The molecule has 0 aliphatic rings. The number of H-pyrrole nitrogens is 1. The van der Waals surface area contributed by atoms with Crippen LogP contribution in [0.1, 0.15) is 36.1 Å². The van der Waals surface area contributed by atoms with Crippen LogP contribution in [0.4, 0.5) is 0 Å². The third-order valence-electron chi connectivity index (χ3n) is 1.46. The monoisotopic (exact) mass is 170 g/mol. The van der Waals surface area contributed by atoms with Gasteiger partial charge in [-0.15, -0.1) is 0 Å². The predicted octanol–water partition coefficient (Wildman–Crippen LogP) is 0.937. The minimum Gasteiger partial charge on any atom is -0.492 e. The lowest BCUT2D eigenvalue weighted by Crippen LogP contribution is -1.97. The number of imidazole rings is 1. The van der Waals surface area contributed by atoms with E-state index < -0.39 is 11.8 Å². The summed E-state index contributed by atoms with van der Waals surface area (Å²) in [6.45, 7) is 3.70. The van der Waals surface area contributed by atoms with Gasteiger partial charge in [-0.05, 0) is 0 Å². The van der Waals surface area contributed by atoms with E-state index in [1.807, 2.05) is 13.8 Å². The Kier molecular flexibility index (Phi) is 2.03. The summed E-state index contributed by atoms with van der Waals surface area (Å²) in [5.74, 6) is -1.10. The first-order chi connectivity index (χ1) is 5.52. The van der Waals surface area contributed by atoms with Crippen molar-refractivity contribution in [3.63, 3.8) is 0 Å². The number of hydrogen-bond acceptors (Lipinski definition) is 3. The fourth-order valence-electron chi connectivity index (χ4n) is 0.804. The molecule has 1 heterocycles. The number of aromatic hydroxyl groups is 1. The first-order valence-corrected chi connectivity index (χ1v) is 3.54. The Balaban J connectivity index is 3.09. The number of nitrogens with zero attached hydrogens (tertiary/aromatic N) is 1. The van der Waals surface area contributed by atoms with E-state index >= 15 is 0 Å². The molecule has 0 amide bonds. The summed E-state index contributed by atoms with van der Waals surface area (Å²) in [5, 5.41) is 17.6. The van der Waals surface area contributed by atoms with E-state index in [1.165, 1.54) is 0 Å². The Morgan fingerprint density at radius 1 is 1.58 bits per heavy atom. The van der Waals surface area contributed by atoms with E-state index in [0.717, 1.165) is 0 Å². The molecule has 1 aromatic heterocycles. The maximum Gasteiger partial charge on any atom is 0.358 e. The topological polar surface area (TPSA) is 86.2 Å². The molecule has 0 saturated heterocycles. The first kappa shape index (κ1) is 8.58. The van der Waals surface area contributed by atoms with Crippen molar-refractivity contribution in [3.05, 3.63) is 11.5 Å². The zero-order valence-electron chi connectivity index (χ0n) is 6.83. The average Bonchev–Trinajstić information content (AvgIpc) is 2.30. The van der Waals surface area contributed by atoms with Crippen molar-refractivity contribution in [2.75, 3.05) is 0 Å². The van der Waals surface area contributed by atoms with Crippen molar-refractivity contribution in [2.45, 2.75) is 19.8 Å². The van der Waals surface area contributed by atoms with Crippen molar-refractivity contribution < 1.29 is 15.0 Å². The number of aromatic carboxylic acids is 1. The van der Waals surface area contributed by atoms with Gasteiger partial charge in [0.1, 0.15) is 5.82 Å². The van der Waals surface area contributed by atoms with E-state index in [4.69, 9.17) is 10.2 Å². The lowest BCUT2D eigenvalue weighted by Gasteiger charge is -1.95. The van der Waals surface area contributed by atoms with E-state index in [2.05, 4.69) is 9.97 Å². The smallest absolute Gasteiger partial charge is 0.358 e. The number of aromatic nitrogens is 2. The molecule has 0 atom stereocenters. The summed E-state index contributed by atoms with van der Waals surface area (Å²) in [5.41, 5.74) is -0.251. The highest BCUT2D eigenvalue weighted by Crippen LogP contribution is 2.18. The Hall–Kier alpha value is -1.52. The number of hydrogen-bond donors (Lipinski definition) is 3. The second-order valence-electron chi connectivity index (χ2n) is 2.78. The maximum absolute atomic E-state index is 10.4. The molecular weight excluding hydrogens is 160 g/mol. The van der Waals surface area contributed by atoms with Crippen LogP contribution >= 0.6 is 0 Å². The molecule has 0 aliphatic carbocycles. The van der Waals surface area contributed by atoms with Crippen LogP contribution in [0.3, 0.4) is 0 Å². The van der Waals surface area contributed by atoms with Crippen molar-refractivity contribution in [2.24, 2.45) is 0 Å². The van der Waals surface area contributed by atoms with Gasteiger partial charge in [0, 0.05) is 5.92 Å². The zero-order valence-corrected chi connectivity index (χ0v) is 6.83. The normalized spacial score (nSPS) is 10.6. The van der Waals surface area contributed by atoms with Crippen LogP contribution in [0.25, 0.3) is 0 Å². The molecule has 0 fully saturated rings. The molecule has 0 radical (unpaired) electrons. The SMILES string of the molecule is CC(C)c1nc(O)c(C(=O)O)[nH]1. The van der Waals surface area contributed by atoms with Crippen LogP contribution in [0.5, 0.6) is 5.88 Å². The largest absolute Gasteiger partial charge is 0.492 e. The Morgan fingerprint density at radius 2 is 2.17 bits per heavy atom. The van der Waals surface area contributed by atoms with Gasteiger partial charge >= 0.3 is 5.97 Å². The molecule has 0 aliphatic heterocycles. The van der Waals surface area contributed by atoms with E-state index in [-0.39, 0.29) is 11.6 Å². The van der Waals surface area contributed by atoms with Crippen molar-refractivity contribution in [1.29, 1.82) is 0 Å². The van der Waals surface area contributed by atoms with Gasteiger partial charge in [-0.3, -0.25) is 0 Å². The number of nitrogens with one attached hydrogen (secondary N) is 1. The van der Waals surface area contributed by atoms with Gasteiger partial charge in [0.05, 0.1) is 0 Å². The third-order valence-corrected chi connectivity index (χ3v) is 1.46. The van der Waals surface area contributed by atoms with Gasteiger partial charge in [0.15, 0.2) is 5.69 Å². The molecule has 0 spiro atoms. The van der Waals surface area contributed by atoms with Gasteiger partial charge in [0.2, 0.25) is 5.88 Å². The van der Waals surface area contributed by atoms with Crippen molar-refractivity contribution in [3.8, 4) is 5.88 Å². The average molecular weight is 170 g/mol. The van der Waals surface area contributed by atoms with Crippen LogP contribution < -0.4 is 0 Å². The Bertz CT molecular complexity index is 304. The summed E-state index contributed by atoms with van der Waals surface area (Å²) in [4.78, 5) is 16.6. The Morgan fingerprint density at radius 3 is 2.42 bits per heavy atom. The number of carbonyl (C=O) groups is 1. The summed E-state index contributed by atoms with van der Waals surface area (Å²) < 4.78 is 0. The lowest BCUT2D eigenvalue weighted by molar-refractivity contribution is 0.0687. The van der Waals surface area contributed by atoms with E-state index in [0.29, 0.717) is 5.82 Å². The summed E-state index contributed by atoms with van der Waals surface area (Å²) in [6.07, 6.45) is 0. The second-order valence-corrected chi connectivity index (χ2v) is 2.78. The number of carboxylic acid groups (broad SMARTS) is 1. The van der Waals surface area contributed by atoms with Crippen LogP contribution in [-0.4, -0.2) is 26.2 Å². The second kappa shape index (κ2) is 2.84. The molecule has 0 bridgehead atoms. The summed E-state index contributed by atoms with van der Waals surface area (Å²) in [6, 6.07) is 0. The number of aromatic amines is 1. The summed E-state index contributed by atoms with van der Waals surface area (Å²) in [7, 11) is 0. The molecule has 0 unspecified atom stereocenters. The maximum atomic E-state index is 10.4. The highest BCUT2D eigenvalue weighted by atomic mass is 16.4. The molecule has 0 aromatic carbocycles. The molecule has 5 heteroatoms. The Labute approximate surface area is 69.1 Å². The molecular formula is C7H10N2O3. The van der Waals surface area contributed by atoms with Gasteiger partial charge in [0.25, 0.3) is 0 Å². The highest BCUT2D eigenvalue weighted by molar-refractivity contribution is 5.87. The van der Waals surface area contributed by atoms with Crippen LogP contribution in [0.15, 0.2) is 0 Å².